The number of piperidine rings is 1. The topological polar surface area (TPSA) is 124 Å². The first kappa shape index (κ1) is 33.5. The van der Waals surface area contributed by atoms with Gasteiger partial charge in [-0.05, 0) is 74.5 Å². The van der Waals surface area contributed by atoms with Crippen molar-refractivity contribution in [3.05, 3.63) is 34.4 Å². The van der Waals surface area contributed by atoms with Gasteiger partial charge in [0, 0.05) is 57.0 Å². The number of benzene rings is 1. The van der Waals surface area contributed by atoms with Crippen LogP contribution in [0.15, 0.2) is 23.3 Å². The third-order valence-corrected chi connectivity index (χ3v) is 12.0. The molecule has 1 spiro atoms. The molecule has 10 nitrogen and oxygen atoms in total. The maximum absolute atomic E-state index is 13.2. The zero-order valence-corrected chi connectivity index (χ0v) is 29.1. The molecule has 1 unspecified atom stereocenters. The first-order valence-corrected chi connectivity index (χ1v) is 18.3. The number of methoxy groups -OCH3 is 1. The minimum absolute atomic E-state index is 0.0470. The van der Waals surface area contributed by atoms with Gasteiger partial charge in [0.05, 0.1) is 18.1 Å². The average molecular weight is 665 g/mol. The first-order chi connectivity index (χ1) is 23.0. The molecule has 8 rings (SSSR count). The van der Waals surface area contributed by atoms with Gasteiger partial charge in [0.2, 0.25) is 5.91 Å². The summed E-state index contributed by atoms with van der Waals surface area (Å²) in [6.07, 6.45) is 6.39. The van der Waals surface area contributed by atoms with Gasteiger partial charge >= 0.3 is 11.9 Å². The molecule has 1 amide bonds. The molecule has 2 N–H and O–H groups in total. The standard InChI is InChI=1S/C38H52N2O8/c1-6-7-17-46-35(44)33(21(2)3)39-28(42)9-8-10-29(43)47-27-14-13-24-18-26-32-25-19-38(45-5,30(25)22(4)41)36-37(32,31(24)34(27)48-36)15-16-40(26)20-23-11-12-23/h13-14,21-23,26,30,33,36,41H,6-12,15-20H2,1-5H3,(H,39,42)/t22?,26-,30+,33+,36-,37-,38+/m1/s1. The summed E-state index contributed by atoms with van der Waals surface area (Å²) in [5, 5.41) is 13.8. The van der Waals surface area contributed by atoms with E-state index in [1.165, 1.54) is 29.6 Å². The Morgan fingerprint density at radius 1 is 1.15 bits per heavy atom. The lowest BCUT2D eigenvalue weighted by Gasteiger charge is -2.67. The van der Waals surface area contributed by atoms with Gasteiger partial charge in [0.1, 0.15) is 17.7 Å². The van der Waals surface area contributed by atoms with E-state index in [1.54, 1.807) is 7.11 Å². The van der Waals surface area contributed by atoms with Crippen LogP contribution in [0.1, 0.15) is 96.6 Å². The van der Waals surface area contributed by atoms with Crippen LogP contribution in [0.4, 0.5) is 0 Å². The summed E-state index contributed by atoms with van der Waals surface area (Å²) in [5.41, 5.74) is 4.16. The number of nitrogens with zero attached hydrogens (tertiary/aromatic N) is 1. The van der Waals surface area contributed by atoms with Crippen molar-refractivity contribution >= 4 is 17.8 Å². The molecule has 1 saturated heterocycles. The van der Waals surface area contributed by atoms with Gasteiger partial charge in [0.15, 0.2) is 11.5 Å². The lowest BCUT2D eigenvalue weighted by atomic mass is 9.42. The largest absolute Gasteiger partial charge is 0.482 e. The number of ether oxygens (including phenoxy) is 4. The highest BCUT2D eigenvalue weighted by Gasteiger charge is 2.76. The van der Waals surface area contributed by atoms with Crippen molar-refractivity contribution in [3.8, 4) is 11.5 Å². The zero-order chi connectivity index (χ0) is 34.0. The van der Waals surface area contributed by atoms with E-state index in [0.717, 1.165) is 56.7 Å². The van der Waals surface area contributed by atoms with Crippen molar-refractivity contribution in [1.82, 2.24) is 10.2 Å². The maximum atomic E-state index is 13.2. The lowest BCUT2D eigenvalue weighted by Crippen LogP contribution is -2.76. The summed E-state index contributed by atoms with van der Waals surface area (Å²) < 4.78 is 24.6. The molecule has 5 aliphatic carbocycles. The molecule has 2 aliphatic heterocycles. The molecule has 0 radical (unpaired) electrons. The monoisotopic (exact) mass is 664 g/mol. The van der Waals surface area contributed by atoms with E-state index in [9.17, 15) is 19.5 Å². The molecule has 7 aliphatic rings. The summed E-state index contributed by atoms with van der Waals surface area (Å²) in [5.74, 6) is 0.408. The number of carbonyl (C=O) groups is 3. The number of likely N-dealkylation sites (tertiary alicyclic amines) is 1. The summed E-state index contributed by atoms with van der Waals surface area (Å²) in [6.45, 7) is 10.0. The number of unbranched alkanes of at least 4 members (excludes halogenated alkanes) is 1. The molecule has 262 valence electrons. The van der Waals surface area contributed by atoms with E-state index in [-0.39, 0.29) is 54.6 Å². The van der Waals surface area contributed by atoms with Crippen molar-refractivity contribution in [2.75, 3.05) is 26.8 Å². The van der Waals surface area contributed by atoms with Gasteiger partial charge < -0.3 is 29.4 Å². The van der Waals surface area contributed by atoms with Crippen LogP contribution in [0.5, 0.6) is 11.5 Å². The molecule has 48 heavy (non-hydrogen) atoms. The van der Waals surface area contributed by atoms with E-state index < -0.39 is 29.7 Å². The molecule has 2 heterocycles. The molecule has 1 aromatic rings. The number of amides is 1. The normalized spacial score (nSPS) is 30.6. The van der Waals surface area contributed by atoms with Crippen molar-refractivity contribution < 1.29 is 38.4 Å². The Hall–Kier alpha value is -2.95. The van der Waals surface area contributed by atoms with Crippen LogP contribution in [-0.2, 0) is 35.7 Å². The average Bonchev–Trinajstić information content (AvgIpc) is 3.78. The van der Waals surface area contributed by atoms with Gasteiger partial charge in [-0.1, -0.05) is 38.8 Å². The summed E-state index contributed by atoms with van der Waals surface area (Å²) in [6, 6.07) is 3.52. The van der Waals surface area contributed by atoms with Crippen LogP contribution in [0.2, 0.25) is 0 Å². The maximum Gasteiger partial charge on any atom is 0.328 e. The number of rotatable bonds is 15. The third-order valence-electron chi connectivity index (χ3n) is 12.0. The van der Waals surface area contributed by atoms with E-state index in [1.807, 2.05) is 33.8 Å². The Kier molecular flexibility index (Phi) is 8.90. The lowest BCUT2D eigenvalue weighted by molar-refractivity contribution is -0.202. The Labute approximate surface area is 283 Å². The number of esters is 2. The molecule has 3 fully saturated rings. The quantitative estimate of drug-likeness (QED) is 0.122. The Morgan fingerprint density at radius 2 is 1.94 bits per heavy atom. The van der Waals surface area contributed by atoms with Gasteiger partial charge in [0.25, 0.3) is 0 Å². The van der Waals surface area contributed by atoms with Crippen LogP contribution in [0.25, 0.3) is 0 Å². The van der Waals surface area contributed by atoms with Crippen LogP contribution in [-0.4, -0.2) is 84.6 Å². The van der Waals surface area contributed by atoms with Crippen molar-refractivity contribution in [1.29, 1.82) is 0 Å². The summed E-state index contributed by atoms with van der Waals surface area (Å²) >= 11 is 0. The highest BCUT2D eigenvalue weighted by atomic mass is 16.6. The predicted molar refractivity (Wildman–Crippen MR) is 178 cm³/mol. The minimum atomic E-state index is -0.726. The third kappa shape index (κ3) is 5.28. The molecule has 2 saturated carbocycles. The molecular formula is C38H52N2O8. The number of carbonyl (C=O) groups excluding carboxylic acids is 3. The van der Waals surface area contributed by atoms with Crippen LogP contribution in [0.3, 0.4) is 0 Å². The van der Waals surface area contributed by atoms with Crippen molar-refractivity contribution in [3.63, 3.8) is 0 Å². The second-order valence-corrected chi connectivity index (χ2v) is 15.4. The zero-order valence-electron chi connectivity index (χ0n) is 29.1. The molecule has 7 atom stereocenters. The fourth-order valence-corrected chi connectivity index (χ4v) is 9.66. The second-order valence-electron chi connectivity index (χ2n) is 15.4. The first-order valence-electron chi connectivity index (χ1n) is 18.3. The van der Waals surface area contributed by atoms with E-state index >= 15 is 0 Å². The summed E-state index contributed by atoms with van der Waals surface area (Å²) in [7, 11) is 1.74. The minimum Gasteiger partial charge on any atom is -0.482 e. The number of hydrogen-bond donors (Lipinski definition) is 2. The second kappa shape index (κ2) is 12.7. The Morgan fingerprint density at radius 3 is 2.62 bits per heavy atom. The van der Waals surface area contributed by atoms with E-state index in [0.29, 0.717) is 18.1 Å². The van der Waals surface area contributed by atoms with Gasteiger partial charge in [-0.15, -0.1) is 0 Å². The van der Waals surface area contributed by atoms with Crippen molar-refractivity contribution in [2.45, 2.75) is 127 Å². The molecule has 0 aromatic heterocycles. The highest BCUT2D eigenvalue weighted by Crippen LogP contribution is 2.72. The van der Waals surface area contributed by atoms with Gasteiger partial charge in [-0.2, -0.15) is 0 Å². The fourth-order valence-electron chi connectivity index (χ4n) is 9.66. The van der Waals surface area contributed by atoms with Crippen LogP contribution < -0.4 is 14.8 Å². The Balaban J connectivity index is 1.07. The Bertz CT molecular complexity index is 1500. The SMILES string of the molecule is CCCCOC(=O)[C@@H](NC(=O)CCCC(=O)Oc1ccc2c3c1O[C@H]1[C@]4(OC)CC(=C5[C@@H](C2)N(CC2CC2)CC[C@]531)[C@@H]4C(C)O)C(C)C. The van der Waals surface area contributed by atoms with Crippen LogP contribution in [0, 0.1) is 17.8 Å². The summed E-state index contributed by atoms with van der Waals surface area (Å²) in [4.78, 5) is 41.1. The molecular weight excluding hydrogens is 612 g/mol. The molecule has 4 bridgehead atoms. The number of hydrogen-bond acceptors (Lipinski definition) is 9. The predicted octanol–water partition coefficient (Wildman–Crippen LogP) is 4.38. The van der Waals surface area contributed by atoms with Crippen LogP contribution >= 0.6 is 0 Å². The molecule has 10 heteroatoms. The fraction of sp³-hybridized carbons (Fsp3) is 0.711. The van der Waals surface area contributed by atoms with E-state index in [4.69, 9.17) is 18.9 Å². The smallest absolute Gasteiger partial charge is 0.328 e. The molecule has 1 aromatic carbocycles. The van der Waals surface area contributed by atoms with Gasteiger partial charge in [-0.25, -0.2) is 4.79 Å². The number of aliphatic hydroxyl groups excluding tert-OH is 1. The highest BCUT2D eigenvalue weighted by molar-refractivity contribution is 5.85. The van der Waals surface area contributed by atoms with Gasteiger partial charge in [-0.3, -0.25) is 14.5 Å². The van der Waals surface area contributed by atoms with Crippen molar-refractivity contribution in [2.24, 2.45) is 17.8 Å². The number of aliphatic hydroxyl groups is 1. The van der Waals surface area contributed by atoms with E-state index in [2.05, 4.69) is 16.3 Å². The number of nitrogens with one attached hydrogen (secondary N) is 1.